The quantitative estimate of drug-likeness (QED) is 0.486. The lowest BCUT2D eigenvalue weighted by atomic mass is 9.49. The first-order valence-electron chi connectivity index (χ1n) is 9.14. The molecule has 2 aliphatic carbocycles. The summed E-state index contributed by atoms with van der Waals surface area (Å²) in [6.45, 7) is 21.6. The Labute approximate surface area is 146 Å². The summed E-state index contributed by atoms with van der Waals surface area (Å²) in [5.74, 6) is -0.403. The summed E-state index contributed by atoms with van der Waals surface area (Å²) in [6, 6.07) is 0. The lowest BCUT2D eigenvalue weighted by Gasteiger charge is -2.55. The van der Waals surface area contributed by atoms with E-state index in [0.717, 1.165) is 0 Å². The SMILES string of the molecule is CC1=CC2(C)C3C(=O)N(C(C)(C)C)C(=O)C3C1(C)C2(C)C(C)(C)C. The fraction of sp³-hybridized carbons (Fsp3) is 0.810. The third kappa shape index (κ3) is 1.47. The Morgan fingerprint density at radius 1 is 0.917 bits per heavy atom. The standard InChI is InChI=1S/C21H33NO2/c1-12-11-19(8)13-14(16(24)22(15(13)23)18(5,6)7)20(12,9)21(19,10)17(2,3)4/h11,13-14H,1-10H3. The van der Waals surface area contributed by atoms with E-state index in [0.29, 0.717) is 0 Å². The molecule has 24 heavy (non-hydrogen) atoms. The summed E-state index contributed by atoms with van der Waals surface area (Å²) in [5, 5.41) is 0. The van der Waals surface area contributed by atoms with E-state index in [1.165, 1.54) is 5.57 Å². The molecule has 0 aromatic carbocycles. The second-order valence-electron chi connectivity index (χ2n) is 10.8. The van der Waals surface area contributed by atoms with Crippen molar-refractivity contribution in [1.29, 1.82) is 0 Å². The highest BCUT2D eigenvalue weighted by molar-refractivity contribution is 6.08. The Hall–Kier alpha value is -1.12. The van der Waals surface area contributed by atoms with Crippen molar-refractivity contribution in [3.8, 4) is 0 Å². The van der Waals surface area contributed by atoms with Crippen LogP contribution in [0.15, 0.2) is 11.6 Å². The highest BCUT2D eigenvalue weighted by Crippen LogP contribution is 2.81. The molecule has 134 valence electrons. The zero-order chi connectivity index (χ0) is 18.7. The van der Waals surface area contributed by atoms with Crippen LogP contribution >= 0.6 is 0 Å². The zero-order valence-electron chi connectivity index (χ0n) is 17.0. The molecule has 0 aromatic rings. The number of carbonyl (C=O) groups is 2. The van der Waals surface area contributed by atoms with Gasteiger partial charge in [0, 0.05) is 16.4 Å². The van der Waals surface area contributed by atoms with Crippen LogP contribution in [0.25, 0.3) is 0 Å². The van der Waals surface area contributed by atoms with Gasteiger partial charge >= 0.3 is 0 Å². The summed E-state index contributed by atoms with van der Waals surface area (Å²) in [4.78, 5) is 28.3. The number of amides is 2. The molecule has 0 spiro atoms. The van der Waals surface area contributed by atoms with Gasteiger partial charge in [-0.25, -0.2) is 0 Å². The summed E-state index contributed by atoms with van der Waals surface area (Å²) in [7, 11) is 0. The molecule has 3 heteroatoms. The fourth-order valence-electron chi connectivity index (χ4n) is 6.76. The predicted molar refractivity (Wildman–Crippen MR) is 96.1 cm³/mol. The van der Waals surface area contributed by atoms with Crippen LogP contribution in [0, 0.1) is 33.5 Å². The molecular weight excluding hydrogens is 298 g/mol. The Morgan fingerprint density at radius 3 is 1.79 bits per heavy atom. The molecule has 2 bridgehead atoms. The Balaban J connectivity index is 2.29. The number of imide groups is 1. The van der Waals surface area contributed by atoms with E-state index >= 15 is 0 Å². The number of carbonyl (C=O) groups excluding carboxylic acids is 2. The summed E-state index contributed by atoms with van der Waals surface area (Å²) >= 11 is 0. The maximum absolute atomic E-state index is 13.4. The summed E-state index contributed by atoms with van der Waals surface area (Å²) in [5.41, 5.74) is 0.0973. The van der Waals surface area contributed by atoms with Crippen LogP contribution < -0.4 is 0 Å². The third-order valence-electron chi connectivity index (χ3n) is 8.20. The van der Waals surface area contributed by atoms with Crippen molar-refractivity contribution in [3.05, 3.63) is 11.6 Å². The van der Waals surface area contributed by atoms with Crippen molar-refractivity contribution in [2.75, 3.05) is 0 Å². The van der Waals surface area contributed by atoms with E-state index in [-0.39, 0.29) is 45.3 Å². The van der Waals surface area contributed by atoms with Crippen molar-refractivity contribution in [2.24, 2.45) is 33.5 Å². The summed E-state index contributed by atoms with van der Waals surface area (Å²) in [6.07, 6.45) is 2.32. The van der Waals surface area contributed by atoms with Gasteiger partial charge < -0.3 is 0 Å². The summed E-state index contributed by atoms with van der Waals surface area (Å²) < 4.78 is 0. The Bertz CT molecular complexity index is 677. The molecule has 3 rings (SSSR count). The van der Waals surface area contributed by atoms with Gasteiger partial charge in [0.05, 0.1) is 11.8 Å². The van der Waals surface area contributed by atoms with Gasteiger partial charge in [-0.1, -0.05) is 53.2 Å². The van der Waals surface area contributed by atoms with E-state index in [1.54, 1.807) is 4.90 Å². The van der Waals surface area contributed by atoms with Gasteiger partial charge in [-0.2, -0.15) is 0 Å². The van der Waals surface area contributed by atoms with Crippen molar-refractivity contribution in [2.45, 2.75) is 74.8 Å². The van der Waals surface area contributed by atoms with Crippen molar-refractivity contribution in [3.63, 3.8) is 0 Å². The van der Waals surface area contributed by atoms with E-state index in [2.05, 4.69) is 54.5 Å². The van der Waals surface area contributed by atoms with Crippen LogP contribution in [-0.2, 0) is 9.59 Å². The molecule has 0 aromatic heterocycles. The number of nitrogens with zero attached hydrogens (tertiary/aromatic N) is 1. The maximum Gasteiger partial charge on any atom is 0.234 e. The number of rotatable bonds is 0. The van der Waals surface area contributed by atoms with Gasteiger partial charge in [-0.05, 0) is 38.5 Å². The number of fused-ring (bicyclic) bond motifs is 5. The molecule has 2 fully saturated rings. The molecule has 1 aliphatic heterocycles. The second kappa shape index (κ2) is 4.16. The Morgan fingerprint density at radius 2 is 1.38 bits per heavy atom. The second-order valence-corrected chi connectivity index (χ2v) is 10.8. The topological polar surface area (TPSA) is 37.4 Å². The molecule has 3 nitrogen and oxygen atoms in total. The van der Waals surface area contributed by atoms with Gasteiger partial charge in [0.2, 0.25) is 11.8 Å². The van der Waals surface area contributed by atoms with Crippen LogP contribution in [0.5, 0.6) is 0 Å². The van der Waals surface area contributed by atoms with Crippen LogP contribution in [0.4, 0.5) is 0 Å². The maximum atomic E-state index is 13.4. The van der Waals surface area contributed by atoms with Gasteiger partial charge in [-0.3, -0.25) is 14.5 Å². The fourth-order valence-corrected chi connectivity index (χ4v) is 6.76. The first kappa shape index (κ1) is 17.7. The Kier molecular flexibility index (Phi) is 3.07. The molecule has 1 heterocycles. The molecular formula is C21H33NO2. The van der Waals surface area contributed by atoms with Crippen molar-refractivity contribution >= 4 is 11.8 Å². The van der Waals surface area contributed by atoms with E-state index < -0.39 is 5.54 Å². The van der Waals surface area contributed by atoms with Crippen LogP contribution in [0.1, 0.15) is 69.2 Å². The van der Waals surface area contributed by atoms with Crippen LogP contribution in [-0.4, -0.2) is 22.3 Å². The largest absolute Gasteiger partial charge is 0.277 e. The zero-order valence-corrected chi connectivity index (χ0v) is 17.0. The first-order valence-corrected chi connectivity index (χ1v) is 9.14. The van der Waals surface area contributed by atoms with Crippen LogP contribution in [0.3, 0.4) is 0 Å². The molecule has 5 unspecified atom stereocenters. The van der Waals surface area contributed by atoms with Gasteiger partial charge in [0.15, 0.2) is 0 Å². The molecule has 0 N–H and O–H groups in total. The van der Waals surface area contributed by atoms with Gasteiger partial charge in [0.1, 0.15) is 0 Å². The minimum Gasteiger partial charge on any atom is -0.277 e. The smallest absolute Gasteiger partial charge is 0.234 e. The molecule has 1 saturated heterocycles. The van der Waals surface area contributed by atoms with Crippen molar-refractivity contribution < 1.29 is 9.59 Å². The molecule has 0 radical (unpaired) electrons. The lowest BCUT2D eigenvalue weighted by Crippen LogP contribution is -2.54. The number of likely N-dealkylation sites (tertiary alicyclic amines) is 1. The lowest BCUT2D eigenvalue weighted by molar-refractivity contribution is -0.151. The molecule has 3 aliphatic rings. The van der Waals surface area contributed by atoms with Gasteiger partial charge in [-0.15, -0.1) is 0 Å². The minimum absolute atomic E-state index is 0.0117. The number of allylic oxidation sites excluding steroid dienone is 2. The minimum atomic E-state index is -0.462. The monoisotopic (exact) mass is 331 g/mol. The van der Waals surface area contributed by atoms with E-state index in [4.69, 9.17) is 0 Å². The van der Waals surface area contributed by atoms with E-state index in [1.807, 2.05) is 20.8 Å². The average Bonchev–Trinajstić information content (AvgIpc) is 2.79. The number of hydrogen-bond donors (Lipinski definition) is 0. The first-order chi connectivity index (χ1) is 10.6. The third-order valence-corrected chi connectivity index (χ3v) is 8.20. The molecule has 1 saturated carbocycles. The van der Waals surface area contributed by atoms with E-state index in [9.17, 15) is 9.59 Å². The predicted octanol–water partition coefficient (Wildman–Crippen LogP) is 4.42. The number of hydrogen-bond acceptors (Lipinski definition) is 2. The highest BCUT2D eigenvalue weighted by atomic mass is 16.2. The van der Waals surface area contributed by atoms with Crippen LogP contribution in [0.2, 0.25) is 0 Å². The van der Waals surface area contributed by atoms with Crippen molar-refractivity contribution in [1.82, 2.24) is 4.90 Å². The normalized spacial score (nSPS) is 45.1. The molecule has 5 atom stereocenters. The average molecular weight is 332 g/mol. The highest BCUT2D eigenvalue weighted by Gasteiger charge is 2.82. The van der Waals surface area contributed by atoms with Gasteiger partial charge in [0.25, 0.3) is 0 Å². The molecule has 2 amide bonds.